The molecule has 4 heteroatoms. The average molecular weight is 761 g/mol. The molecule has 0 amide bonds. The Balaban J connectivity index is 1.04. The van der Waals surface area contributed by atoms with E-state index in [1.54, 1.807) is 0 Å². The highest BCUT2D eigenvalue weighted by Gasteiger charge is 2.44. The molecule has 0 unspecified atom stereocenters. The summed E-state index contributed by atoms with van der Waals surface area (Å²) in [4.78, 5) is 0. The van der Waals surface area contributed by atoms with Crippen molar-refractivity contribution in [1.82, 2.24) is 0 Å². The van der Waals surface area contributed by atoms with Crippen LogP contribution in [0.25, 0.3) is 0 Å². The average Bonchev–Trinajstić information content (AvgIpc) is 3.25. The Morgan fingerprint density at radius 1 is 0.464 bits per heavy atom. The molecule has 4 N–H and O–H groups in total. The molecule has 4 aliphatic rings. The van der Waals surface area contributed by atoms with Crippen LogP contribution in [0.15, 0.2) is 60.7 Å². The van der Waals surface area contributed by atoms with Gasteiger partial charge in [-0.1, -0.05) is 154 Å². The quantitative estimate of drug-likeness (QED) is 0.113. The van der Waals surface area contributed by atoms with Crippen molar-refractivity contribution in [1.29, 1.82) is 0 Å². The van der Waals surface area contributed by atoms with Gasteiger partial charge in [-0.05, 0) is 133 Å². The number of hydrogen-bond acceptors (Lipinski definition) is 4. The Labute approximate surface area is 341 Å². The van der Waals surface area contributed by atoms with Crippen LogP contribution < -0.4 is 20.9 Å². The minimum atomic E-state index is 0.297. The highest BCUT2D eigenvalue weighted by molar-refractivity contribution is 5.72. The van der Waals surface area contributed by atoms with E-state index in [1.165, 1.54) is 178 Å². The van der Waals surface area contributed by atoms with Gasteiger partial charge >= 0.3 is 0 Å². The van der Waals surface area contributed by atoms with Crippen LogP contribution in [-0.4, -0.2) is 0 Å². The second-order valence-electron chi connectivity index (χ2n) is 19.0. The molecule has 4 saturated carbocycles. The van der Waals surface area contributed by atoms with Gasteiger partial charge < -0.3 is 20.9 Å². The van der Waals surface area contributed by atoms with Crippen molar-refractivity contribution < 1.29 is 9.47 Å². The van der Waals surface area contributed by atoms with E-state index in [2.05, 4.69) is 62.4 Å². The van der Waals surface area contributed by atoms with E-state index in [4.69, 9.17) is 20.9 Å². The van der Waals surface area contributed by atoms with Crippen molar-refractivity contribution in [2.75, 3.05) is 11.5 Å². The molecular formula is C52H76N2O2. The van der Waals surface area contributed by atoms with Crippen molar-refractivity contribution in [3.05, 3.63) is 71.8 Å². The third-order valence-corrected chi connectivity index (χ3v) is 15.7. The minimum Gasteiger partial charge on any atom is -0.451 e. The molecule has 0 aromatic heterocycles. The number of hydrogen-bond donors (Lipinski definition) is 2. The molecule has 0 aliphatic heterocycles. The van der Waals surface area contributed by atoms with Gasteiger partial charge in [-0.25, -0.2) is 0 Å². The summed E-state index contributed by atoms with van der Waals surface area (Å²) in [6.45, 7) is 4.64. The predicted molar refractivity (Wildman–Crippen MR) is 237 cm³/mol. The van der Waals surface area contributed by atoms with Gasteiger partial charge in [-0.15, -0.1) is 0 Å². The number of nitrogen functional groups attached to an aromatic ring is 2. The highest BCUT2D eigenvalue weighted by Crippen LogP contribution is 2.54. The molecule has 0 radical (unpaired) electrons. The zero-order chi connectivity index (χ0) is 38.8. The molecule has 4 fully saturated rings. The summed E-state index contributed by atoms with van der Waals surface area (Å²) >= 11 is 0. The second kappa shape index (κ2) is 19.5. The lowest BCUT2D eigenvalue weighted by molar-refractivity contribution is 0.124. The fourth-order valence-electron chi connectivity index (χ4n) is 12.4. The Hall–Kier alpha value is -3.14. The summed E-state index contributed by atoms with van der Waals surface area (Å²) in [5.41, 5.74) is 17.9. The van der Waals surface area contributed by atoms with Crippen molar-refractivity contribution in [3.8, 4) is 23.0 Å². The summed E-state index contributed by atoms with van der Waals surface area (Å²) in [5, 5.41) is 0. The fourth-order valence-corrected chi connectivity index (χ4v) is 12.4. The Morgan fingerprint density at radius 3 is 1.16 bits per heavy atom. The first-order chi connectivity index (χ1) is 27.4. The molecular weight excluding hydrogens is 685 g/mol. The number of anilines is 2. The van der Waals surface area contributed by atoms with E-state index in [1.807, 2.05) is 12.1 Å². The van der Waals surface area contributed by atoms with Crippen LogP contribution in [-0.2, 0) is 10.8 Å². The van der Waals surface area contributed by atoms with Crippen molar-refractivity contribution in [2.45, 2.75) is 192 Å². The van der Waals surface area contributed by atoms with E-state index in [0.29, 0.717) is 33.7 Å². The minimum absolute atomic E-state index is 0.297. The topological polar surface area (TPSA) is 70.5 Å². The number of unbranched alkanes of at least 4 members (excludes halogenated alkanes) is 4. The molecule has 7 rings (SSSR count). The summed E-state index contributed by atoms with van der Waals surface area (Å²) < 4.78 is 13.2. The molecule has 0 bridgehead atoms. The summed E-state index contributed by atoms with van der Waals surface area (Å²) in [5.74, 6) is 6.00. The van der Waals surface area contributed by atoms with Gasteiger partial charge in [0, 0.05) is 0 Å². The summed E-state index contributed by atoms with van der Waals surface area (Å²) in [6, 6.07) is 21.7. The molecule has 0 saturated heterocycles. The number of nitrogens with two attached hydrogens (primary N) is 2. The van der Waals surface area contributed by atoms with Gasteiger partial charge in [0.05, 0.1) is 11.4 Å². The van der Waals surface area contributed by atoms with Gasteiger partial charge in [0.2, 0.25) is 0 Å². The maximum absolute atomic E-state index is 6.61. The lowest BCUT2D eigenvalue weighted by Gasteiger charge is -2.47. The first-order valence-corrected chi connectivity index (χ1v) is 23.7. The lowest BCUT2D eigenvalue weighted by atomic mass is 9.57. The smallest absolute Gasteiger partial charge is 0.194 e. The molecule has 306 valence electrons. The molecule has 56 heavy (non-hydrogen) atoms. The molecule has 0 spiro atoms. The Morgan fingerprint density at radius 2 is 0.821 bits per heavy atom. The van der Waals surface area contributed by atoms with Gasteiger partial charge in [0.15, 0.2) is 11.5 Å². The first kappa shape index (κ1) is 41.0. The van der Waals surface area contributed by atoms with Crippen LogP contribution in [0.1, 0.15) is 192 Å². The number of ether oxygens (including phenoxy) is 2. The van der Waals surface area contributed by atoms with Gasteiger partial charge in [0.25, 0.3) is 0 Å². The highest BCUT2D eigenvalue weighted by atomic mass is 16.5. The molecule has 3 aromatic rings. The Bertz CT molecular complexity index is 1500. The van der Waals surface area contributed by atoms with Crippen molar-refractivity contribution >= 4 is 11.4 Å². The SMILES string of the molecule is CCCCCC1CCC(C2(c3ccc(Oc4c(N)ccc(N)c4Oc4ccc(C5(C6CCC(CCCCC)CC6)CCCCC5)cc4)cc3)CCCCC2)CC1. The zero-order valence-corrected chi connectivity index (χ0v) is 35.4. The lowest BCUT2D eigenvalue weighted by Crippen LogP contribution is -2.39. The molecule has 0 atom stereocenters. The monoisotopic (exact) mass is 761 g/mol. The third-order valence-electron chi connectivity index (χ3n) is 15.7. The van der Waals surface area contributed by atoms with Gasteiger partial charge in [-0.2, -0.15) is 0 Å². The van der Waals surface area contributed by atoms with Crippen LogP contribution in [0.3, 0.4) is 0 Å². The van der Waals surface area contributed by atoms with E-state index < -0.39 is 0 Å². The van der Waals surface area contributed by atoms with Crippen LogP contribution >= 0.6 is 0 Å². The Kier molecular flexibility index (Phi) is 14.3. The molecule has 3 aromatic carbocycles. The van der Waals surface area contributed by atoms with E-state index in [0.717, 1.165) is 35.2 Å². The van der Waals surface area contributed by atoms with Crippen LogP contribution in [0, 0.1) is 23.7 Å². The first-order valence-electron chi connectivity index (χ1n) is 23.7. The largest absolute Gasteiger partial charge is 0.451 e. The van der Waals surface area contributed by atoms with Crippen LogP contribution in [0.2, 0.25) is 0 Å². The van der Waals surface area contributed by atoms with Crippen molar-refractivity contribution in [2.24, 2.45) is 23.7 Å². The standard InChI is InChI=1S/C52H76N2O2/c1-3-5-9-15-39-17-21-41(22-18-39)51(35-11-7-12-36-51)43-25-29-45(30-26-43)55-49-47(53)33-34-48(54)50(49)56-46-31-27-44(28-32-46)52(37-13-8-14-38-52)42-23-19-40(20-24-42)16-10-6-4-2/h25-34,39-42H,3-24,35-38,53-54H2,1-2H3. The molecule has 4 aliphatic carbocycles. The van der Waals surface area contributed by atoms with Crippen LogP contribution in [0.4, 0.5) is 11.4 Å². The van der Waals surface area contributed by atoms with Crippen LogP contribution in [0.5, 0.6) is 23.0 Å². The van der Waals surface area contributed by atoms with Gasteiger partial charge in [0.1, 0.15) is 11.5 Å². The van der Waals surface area contributed by atoms with E-state index in [9.17, 15) is 0 Å². The zero-order valence-electron chi connectivity index (χ0n) is 35.4. The van der Waals surface area contributed by atoms with Gasteiger partial charge in [-0.3, -0.25) is 0 Å². The normalized spacial score (nSPS) is 25.0. The third kappa shape index (κ3) is 9.42. The number of rotatable bonds is 16. The van der Waals surface area contributed by atoms with Crippen molar-refractivity contribution in [3.63, 3.8) is 0 Å². The molecule has 4 nitrogen and oxygen atoms in total. The maximum Gasteiger partial charge on any atom is 0.194 e. The fraction of sp³-hybridized carbons (Fsp3) is 0.654. The summed E-state index contributed by atoms with van der Waals surface area (Å²) in [7, 11) is 0. The number of benzene rings is 3. The van der Waals surface area contributed by atoms with E-state index >= 15 is 0 Å². The second-order valence-corrected chi connectivity index (χ2v) is 19.0. The maximum atomic E-state index is 6.61. The predicted octanol–water partition coefficient (Wildman–Crippen LogP) is 15.6. The summed E-state index contributed by atoms with van der Waals surface area (Å²) in [6.07, 6.45) is 35.7. The van der Waals surface area contributed by atoms with E-state index in [-0.39, 0.29) is 0 Å². The molecule has 0 heterocycles.